The van der Waals surface area contributed by atoms with E-state index in [4.69, 9.17) is 16.3 Å². The van der Waals surface area contributed by atoms with Crippen molar-refractivity contribution in [3.63, 3.8) is 0 Å². The minimum atomic E-state index is -4.62. The summed E-state index contributed by atoms with van der Waals surface area (Å²) in [5.74, 6) is -1.01. The monoisotopic (exact) mass is 546 g/mol. The van der Waals surface area contributed by atoms with E-state index in [-0.39, 0.29) is 39.7 Å². The number of nitrogens with one attached hydrogen (secondary N) is 1. The van der Waals surface area contributed by atoms with E-state index in [0.29, 0.717) is 36.0 Å². The minimum Gasteiger partial charge on any atom is -0.465 e. The molecule has 6 rings (SSSR count). The first-order chi connectivity index (χ1) is 17.7. The molecule has 3 aromatic rings. The van der Waals surface area contributed by atoms with Crippen LogP contribution in [0.4, 0.5) is 13.2 Å². The SMILES string of the molecule is O=C1N=C(N2CC3COC(=O)C3C2)SC1=C(Cc1ccc(Cl)cc1C(F)(F)F)c1ccc2[nH]ncc2c1. The van der Waals surface area contributed by atoms with Gasteiger partial charge >= 0.3 is 12.1 Å². The summed E-state index contributed by atoms with van der Waals surface area (Å²) in [6.07, 6.45) is -3.18. The minimum absolute atomic E-state index is 0.00742. The second kappa shape index (κ2) is 8.91. The number of aromatic nitrogens is 2. The molecule has 1 amide bonds. The molecule has 37 heavy (non-hydrogen) atoms. The zero-order valence-electron chi connectivity index (χ0n) is 19.0. The van der Waals surface area contributed by atoms with Gasteiger partial charge in [-0.1, -0.05) is 23.7 Å². The number of ether oxygens (including phenoxy) is 1. The van der Waals surface area contributed by atoms with Crippen LogP contribution in [0.25, 0.3) is 16.5 Å². The molecule has 2 aromatic carbocycles. The molecule has 1 N–H and O–H groups in total. The van der Waals surface area contributed by atoms with E-state index in [2.05, 4.69) is 15.2 Å². The molecule has 0 radical (unpaired) electrons. The van der Waals surface area contributed by atoms with Gasteiger partial charge in [-0.05, 0) is 59.1 Å². The van der Waals surface area contributed by atoms with E-state index in [1.54, 1.807) is 24.4 Å². The number of thioether (sulfide) groups is 1. The molecule has 1 aromatic heterocycles. The second-order valence-electron chi connectivity index (χ2n) is 9.16. The third-order valence-corrected chi connectivity index (χ3v) is 8.24. The molecule has 3 aliphatic rings. The number of carbonyl (C=O) groups is 2. The van der Waals surface area contributed by atoms with E-state index >= 15 is 0 Å². The van der Waals surface area contributed by atoms with Gasteiger partial charge in [0.25, 0.3) is 5.91 Å². The Kier molecular flexibility index (Phi) is 5.79. The van der Waals surface area contributed by atoms with Gasteiger partial charge in [-0.25, -0.2) is 0 Å². The first kappa shape index (κ1) is 24.1. The molecular weight excluding hydrogens is 529 g/mol. The van der Waals surface area contributed by atoms with Crippen molar-refractivity contribution < 1.29 is 27.5 Å². The molecule has 2 atom stereocenters. The highest BCUT2D eigenvalue weighted by atomic mass is 35.5. The van der Waals surface area contributed by atoms with E-state index < -0.39 is 17.6 Å². The number of benzene rings is 2. The number of rotatable bonds is 3. The van der Waals surface area contributed by atoms with Crippen LogP contribution >= 0.6 is 23.4 Å². The van der Waals surface area contributed by atoms with Crippen LogP contribution in [0.5, 0.6) is 0 Å². The third kappa shape index (κ3) is 4.40. The number of allylic oxidation sites excluding steroid dienone is 1. The van der Waals surface area contributed by atoms with Crippen LogP contribution in [0.3, 0.4) is 0 Å². The predicted molar refractivity (Wildman–Crippen MR) is 133 cm³/mol. The molecule has 0 saturated carbocycles. The van der Waals surface area contributed by atoms with Crippen LogP contribution in [0.1, 0.15) is 16.7 Å². The summed E-state index contributed by atoms with van der Waals surface area (Å²) in [6, 6.07) is 8.93. The number of halogens is 4. The summed E-state index contributed by atoms with van der Waals surface area (Å²) in [5, 5.41) is 8.02. The normalized spacial score (nSPS) is 23.0. The fourth-order valence-corrected chi connectivity index (χ4v) is 6.19. The molecule has 190 valence electrons. The number of esters is 1. The molecule has 7 nitrogen and oxygen atoms in total. The van der Waals surface area contributed by atoms with Gasteiger partial charge in [0.05, 0.1) is 34.7 Å². The number of aromatic amines is 1. The van der Waals surface area contributed by atoms with Crippen molar-refractivity contribution in [1.82, 2.24) is 15.1 Å². The summed E-state index contributed by atoms with van der Waals surface area (Å²) in [5.41, 5.74) is 0.903. The zero-order valence-corrected chi connectivity index (χ0v) is 20.6. The molecule has 12 heteroatoms. The fourth-order valence-electron chi connectivity index (χ4n) is 4.98. The summed E-state index contributed by atoms with van der Waals surface area (Å²) in [7, 11) is 0. The number of amidine groups is 1. The molecule has 2 fully saturated rings. The van der Waals surface area contributed by atoms with E-state index in [9.17, 15) is 22.8 Å². The van der Waals surface area contributed by atoms with Crippen LogP contribution in [0.2, 0.25) is 5.02 Å². The number of amides is 1. The number of carbonyl (C=O) groups excluding carboxylic acids is 2. The maximum Gasteiger partial charge on any atom is 0.416 e. The lowest BCUT2D eigenvalue weighted by Crippen LogP contribution is -2.27. The Hall–Kier alpha value is -3.31. The van der Waals surface area contributed by atoms with Gasteiger partial charge in [0.2, 0.25) is 0 Å². The van der Waals surface area contributed by atoms with E-state index in [1.807, 2.05) is 4.90 Å². The number of aliphatic imine (C=N–C) groups is 1. The molecule has 4 heterocycles. The second-order valence-corrected chi connectivity index (χ2v) is 10.6. The quantitative estimate of drug-likeness (QED) is 0.370. The van der Waals surface area contributed by atoms with E-state index in [0.717, 1.165) is 28.7 Å². The molecular formula is C25H18ClF3N4O3S. The van der Waals surface area contributed by atoms with Crippen LogP contribution in [-0.2, 0) is 26.9 Å². The highest BCUT2D eigenvalue weighted by Gasteiger charge is 2.46. The Morgan fingerprint density at radius 1 is 1.19 bits per heavy atom. The van der Waals surface area contributed by atoms with Crippen LogP contribution in [0.15, 0.2) is 52.5 Å². The smallest absolute Gasteiger partial charge is 0.416 e. The molecule has 0 spiro atoms. The lowest BCUT2D eigenvalue weighted by molar-refractivity contribution is -0.141. The van der Waals surface area contributed by atoms with Gasteiger partial charge in [-0.2, -0.15) is 23.3 Å². The largest absolute Gasteiger partial charge is 0.465 e. The molecule has 2 unspecified atom stereocenters. The topological polar surface area (TPSA) is 87.7 Å². The van der Waals surface area contributed by atoms with Gasteiger partial charge in [-0.3, -0.25) is 14.7 Å². The van der Waals surface area contributed by atoms with Gasteiger partial charge < -0.3 is 9.64 Å². The summed E-state index contributed by atoms with van der Waals surface area (Å²) < 4.78 is 46.8. The van der Waals surface area contributed by atoms with Crippen LogP contribution < -0.4 is 0 Å². The maximum absolute atomic E-state index is 13.9. The van der Waals surface area contributed by atoms with Gasteiger partial charge in [0.1, 0.15) is 0 Å². The van der Waals surface area contributed by atoms with Crippen LogP contribution in [0, 0.1) is 11.8 Å². The number of hydrogen-bond donors (Lipinski definition) is 1. The number of fused-ring (bicyclic) bond motifs is 2. The molecule has 0 bridgehead atoms. The average Bonchev–Trinajstić information content (AvgIpc) is 3.63. The Morgan fingerprint density at radius 2 is 2.03 bits per heavy atom. The number of cyclic esters (lactones) is 1. The zero-order chi connectivity index (χ0) is 25.9. The van der Waals surface area contributed by atoms with Crippen molar-refractivity contribution >= 4 is 56.9 Å². The number of nitrogens with zero attached hydrogens (tertiary/aromatic N) is 3. The lowest BCUT2D eigenvalue weighted by Gasteiger charge is -2.19. The van der Waals surface area contributed by atoms with Gasteiger partial charge in [0.15, 0.2) is 5.17 Å². The maximum atomic E-state index is 13.9. The number of likely N-dealkylation sites (tertiary alicyclic amines) is 1. The summed E-state index contributed by atoms with van der Waals surface area (Å²) in [6.45, 7) is 1.25. The van der Waals surface area contributed by atoms with Gasteiger partial charge in [0, 0.05) is 29.4 Å². The number of H-pyrrole nitrogens is 1. The standard InChI is InChI=1S/C25H18ClF3N4O3S/c26-16-3-1-13(19(7-16)25(27,28)29)6-17(12-2-4-20-14(5-12)8-30-32-20)21-22(34)31-24(37-21)33-9-15-11-36-23(35)18(15)10-33/h1-5,7-8,15,18H,6,9-11H2,(H,30,32). The molecule has 2 saturated heterocycles. The first-order valence-corrected chi connectivity index (χ1v) is 12.6. The Bertz CT molecular complexity index is 1520. The third-order valence-electron chi connectivity index (χ3n) is 6.85. The summed E-state index contributed by atoms with van der Waals surface area (Å²) in [4.78, 5) is 31.5. The van der Waals surface area contributed by atoms with Crippen molar-refractivity contribution in [1.29, 1.82) is 0 Å². The highest BCUT2D eigenvalue weighted by Crippen LogP contribution is 2.42. The molecule has 0 aliphatic carbocycles. The average molecular weight is 547 g/mol. The van der Waals surface area contributed by atoms with Crippen molar-refractivity contribution in [2.45, 2.75) is 12.6 Å². The first-order valence-electron chi connectivity index (χ1n) is 11.4. The van der Waals surface area contributed by atoms with Crippen molar-refractivity contribution in [2.24, 2.45) is 16.8 Å². The fraction of sp³-hybridized carbons (Fsp3) is 0.280. The predicted octanol–water partition coefficient (Wildman–Crippen LogP) is 4.92. The van der Waals surface area contributed by atoms with Crippen molar-refractivity contribution in [3.8, 4) is 0 Å². The lowest BCUT2D eigenvalue weighted by atomic mass is 9.93. The number of hydrogen-bond acceptors (Lipinski definition) is 6. The number of alkyl halides is 3. The Balaban J connectivity index is 1.40. The Morgan fingerprint density at radius 3 is 2.81 bits per heavy atom. The van der Waals surface area contributed by atoms with Crippen molar-refractivity contribution in [3.05, 3.63) is 69.2 Å². The van der Waals surface area contributed by atoms with E-state index in [1.165, 1.54) is 12.1 Å². The van der Waals surface area contributed by atoms with Crippen molar-refractivity contribution in [2.75, 3.05) is 19.7 Å². The van der Waals surface area contributed by atoms with Crippen LogP contribution in [-0.4, -0.2) is 51.8 Å². The summed E-state index contributed by atoms with van der Waals surface area (Å²) >= 11 is 7.01. The Labute approximate surface area is 217 Å². The van der Waals surface area contributed by atoms with Gasteiger partial charge in [-0.15, -0.1) is 0 Å². The molecule has 3 aliphatic heterocycles. The highest BCUT2D eigenvalue weighted by molar-refractivity contribution is 8.18.